The quantitative estimate of drug-likeness (QED) is 0.699. The maximum Gasteiger partial charge on any atom is 0.200 e. The molecule has 0 unspecified atom stereocenters. The van der Waals surface area contributed by atoms with Crippen molar-refractivity contribution in [2.75, 3.05) is 5.75 Å². The van der Waals surface area contributed by atoms with Gasteiger partial charge in [-0.2, -0.15) is 15.4 Å². The molecule has 0 bridgehead atoms. The molecule has 0 amide bonds. The van der Waals surface area contributed by atoms with Crippen LogP contribution in [-0.4, -0.2) is 35.9 Å². The number of nitrogens with one attached hydrogen (secondary N) is 1. The minimum absolute atomic E-state index is 0.739. The van der Waals surface area contributed by atoms with Gasteiger partial charge in [0.25, 0.3) is 0 Å². The maximum absolute atomic E-state index is 5.38. The van der Waals surface area contributed by atoms with Crippen LogP contribution in [0.15, 0.2) is 34.2 Å². The van der Waals surface area contributed by atoms with E-state index >= 15 is 0 Å². The third-order valence-corrected chi connectivity index (χ3v) is 3.80. The molecule has 0 atom stereocenters. The van der Waals surface area contributed by atoms with E-state index in [-0.39, 0.29) is 0 Å². The molecular weight excluding hydrogens is 276 g/mol. The summed E-state index contributed by atoms with van der Waals surface area (Å²) in [5, 5.41) is 19.8. The molecule has 0 aliphatic heterocycles. The molecule has 8 heteroatoms. The van der Waals surface area contributed by atoms with Crippen molar-refractivity contribution < 1.29 is 4.42 Å². The normalized spacial score (nSPS) is 11.1. The lowest BCUT2D eigenvalue weighted by atomic mass is 10.4. The highest BCUT2D eigenvalue weighted by atomic mass is 32.2. The molecule has 20 heavy (non-hydrogen) atoms. The highest BCUT2D eigenvalue weighted by Gasteiger charge is 2.14. The van der Waals surface area contributed by atoms with Crippen LogP contribution in [0.1, 0.15) is 12.6 Å². The fourth-order valence-corrected chi connectivity index (χ4v) is 2.83. The van der Waals surface area contributed by atoms with Crippen molar-refractivity contribution >= 4 is 11.8 Å². The van der Waals surface area contributed by atoms with E-state index in [2.05, 4.69) is 32.5 Å². The summed E-state index contributed by atoms with van der Waals surface area (Å²) in [6, 6.07) is 3.74. The summed E-state index contributed by atoms with van der Waals surface area (Å²) >= 11 is 1.65. The van der Waals surface area contributed by atoms with Gasteiger partial charge in [0.1, 0.15) is 0 Å². The summed E-state index contributed by atoms with van der Waals surface area (Å²) in [4.78, 5) is 0. The van der Waals surface area contributed by atoms with E-state index in [0.29, 0.717) is 0 Å². The number of furan rings is 1. The molecule has 0 spiro atoms. The molecule has 0 fully saturated rings. The first-order chi connectivity index (χ1) is 9.88. The van der Waals surface area contributed by atoms with Crippen LogP contribution in [0.5, 0.6) is 0 Å². The van der Waals surface area contributed by atoms with Gasteiger partial charge in [0.2, 0.25) is 0 Å². The average Bonchev–Trinajstić information content (AvgIpc) is 3.20. The predicted octanol–water partition coefficient (Wildman–Crippen LogP) is 2.01. The zero-order chi connectivity index (χ0) is 13.8. The third-order valence-electron chi connectivity index (χ3n) is 2.83. The van der Waals surface area contributed by atoms with Gasteiger partial charge >= 0.3 is 0 Å². The van der Waals surface area contributed by atoms with Crippen molar-refractivity contribution in [3.8, 4) is 11.6 Å². The van der Waals surface area contributed by atoms with E-state index in [4.69, 9.17) is 4.42 Å². The van der Waals surface area contributed by atoms with E-state index in [1.165, 1.54) is 0 Å². The maximum atomic E-state index is 5.38. The Balaban J connectivity index is 1.70. The zero-order valence-electron chi connectivity index (χ0n) is 11.0. The number of H-pyrrole nitrogens is 1. The molecule has 0 saturated heterocycles. The summed E-state index contributed by atoms with van der Waals surface area (Å²) in [7, 11) is 0. The van der Waals surface area contributed by atoms with Gasteiger partial charge in [-0.3, -0.25) is 4.57 Å². The fourth-order valence-electron chi connectivity index (χ4n) is 1.86. The standard InChI is InChI=1S/C12H14N6OS/c1-2-18-11(10-4-3-6-19-10)15-16-12(18)20-7-5-9-8-13-17-14-9/h3-4,6,8H,2,5,7H2,1H3,(H,13,14,17). The number of aromatic amines is 1. The Labute approximate surface area is 119 Å². The summed E-state index contributed by atoms with van der Waals surface area (Å²) in [6.45, 7) is 2.87. The number of hydrogen-bond acceptors (Lipinski definition) is 6. The Morgan fingerprint density at radius 1 is 1.40 bits per heavy atom. The van der Waals surface area contributed by atoms with E-state index in [9.17, 15) is 0 Å². The molecule has 3 aromatic rings. The monoisotopic (exact) mass is 290 g/mol. The summed E-state index contributed by atoms with van der Waals surface area (Å²) < 4.78 is 7.43. The van der Waals surface area contributed by atoms with Crippen LogP contribution in [-0.2, 0) is 13.0 Å². The molecule has 3 aromatic heterocycles. The smallest absolute Gasteiger partial charge is 0.200 e. The number of thioether (sulfide) groups is 1. The van der Waals surface area contributed by atoms with Crippen molar-refractivity contribution in [1.29, 1.82) is 0 Å². The molecule has 0 aliphatic carbocycles. The molecule has 104 valence electrons. The van der Waals surface area contributed by atoms with Gasteiger partial charge in [-0.05, 0) is 19.1 Å². The second-order valence-electron chi connectivity index (χ2n) is 4.09. The number of nitrogens with zero attached hydrogens (tertiary/aromatic N) is 5. The molecule has 7 nitrogen and oxygen atoms in total. The van der Waals surface area contributed by atoms with Gasteiger partial charge < -0.3 is 4.42 Å². The van der Waals surface area contributed by atoms with Crippen LogP contribution in [0.2, 0.25) is 0 Å². The van der Waals surface area contributed by atoms with Crippen LogP contribution in [0.4, 0.5) is 0 Å². The average molecular weight is 290 g/mol. The van der Waals surface area contributed by atoms with Gasteiger partial charge in [0.05, 0.1) is 18.2 Å². The lowest BCUT2D eigenvalue weighted by Gasteiger charge is -2.04. The van der Waals surface area contributed by atoms with Crippen molar-refractivity contribution in [3.63, 3.8) is 0 Å². The lowest BCUT2D eigenvalue weighted by Crippen LogP contribution is -2.00. The van der Waals surface area contributed by atoms with Crippen LogP contribution in [0.25, 0.3) is 11.6 Å². The van der Waals surface area contributed by atoms with Crippen LogP contribution < -0.4 is 0 Å². The Morgan fingerprint density at radius 2 is 2.35 bits per heavy atom. The molecular formula is C12H14N6OS. The predicted molar refractivity (Wildman–Crippen MR) is 74.2 cm³/mol. The van der Waals surface area contributed by atoms with Crippen LogP contribution in [0.3, 0.4) is 0 Å². The highest BCUT2D eigenvalue weighted by Crippen LogP contribution is 2.24. The second kappa shape index (κ2) is 5.91. The molecule has 1 N–H and O–H groups in total. The molecule has 0 aliphatic rings. The number of aromatic nitrogens is 6. The first-order valence-corrected chi connectivity index (χ1v) is 7.31. The fraction of sp³-hybridized carbons (Fsp3) is 0.333. The molecule has 0 aromatic carbocycles. The molecule has 0 radical (unpaired) electrons. The third kappa shape index (κ3) is 2.60. The van der Waals surface area contributed by atoms with E-state index in [1.807, 2.05) is 16.7 Å². The Bertz CT molecular complexity index is 646. The van der Waals surface area contributed by atoms with Gasteiger partial charge in [-0.25, -0.2) is 0 Å². The van der Waals surface area contributed by atoms with E-state index in [1.54, 1.807) is 24.2 Å². The molecule has 0 saturated carbocycles. The SMILES string of the molecule is CCn1c(SCCc2cn[nH]n2)nnc1-c1ccco1. The molecule has 3 heterocycles. The van der Waals surface area contributed by atoms with Crippen molar-refractivity contribution in [3.05, 3.63) is 30.3 Å². The molecule has 3 rings (SSSR count). The van der Waals surface area contributed by atoms with Gasteiger partial charge in [-0.15, -0.1) is 10.2 Å². The first kappa shape index (κ1) is 12.9. The summed E-state index contributed by atoms with van der Waals surface area (Å²) in [5.41, 5.74) is 0.950. The van der Waals surface area contributed by atoms with Crippen LogP contribution in [0, 0.1) is 0 Å². The second-order valence-corrected chi connectivity index (χ2v) is 5.15. The minimum Gasteiger partial charge on any atom is -0.461 e. The Morgan fingerprint density at radius 3 is 3.05 bits per heavy atom. The minimum atomic E-state index is 0.739. The lowest BCUT2D eigenvalue weighted by molar-refractivity contribution is 0.567. The number of hydrogen-bond donors (Lipinski definition) is 1. The van der Waals surface area contributed by atoms with Crippen LogP contribution >= 0.6 is 11.8 Å². The first-order valence-electron chi connectivity index (χ1n) is 6.33. The van der Waals surface area contributed by atoms with Crippen molar-refractivity contribution in [1.82, 2.24) is 30.2 Å². The summed E-state index contributed by atoms with van der Waals surface area (Å²) in [6.07, 6.45) is 4.22. The van der Waals surface area contributed by atoms with E-state index in [0.717, 1.165) is 41.2 Å². The van der Waals surface area contributed by atoms with Gasteiger partial charge in [0.15, 0.2) is 16.7 Å². The van der Waals surface area contributed by atoms with Gasteiger partial charge in [0, 0.05) is 18.7 Å². The summed E-state index contributed by atoms with van der Waals surface area (Å²) in [5.74, 6) is 2.38. The van der Waals surface area contributed by atoms with Crippen molar-refractivity contribution in [2.45, 2.75) is 25.0 Å². The topological polar surface area (TPSA) is 85.4 Å². The van der Waals surface area contributed by atoms with E-state index < -0.39 is 0 Å². The van der Waals surface area contributed by atoms with Crippen molar-refractivity contribution in [2.24, 2.45) is 0 Å². The number of rotatable bonds is 6. The number of aryl methyl sites for hydroxylation is 1. The Hall–Kier alpha value is -2.09. The highest BCUT2D eigenvalue weighted by molar-refractivity contribution is 7.99. The zero-order valence-corrected chi connectivity index (χ0v) is 11.8. The largest absolute Gasteiger partial charge is 0.461 e. The Kier molecular flexibility index (Phi) is 3.82. The van der Waals surface area contributed by atoms with Gasteiger partial charge in [-0.1, -0.05) is 11.8 Å².